The van der Waals surface area contributed by atoms with Crippen LogP contribution >= 0.6 is 11.3 Å². The van der Waals surface area contributed by atoms with Gasteiger partial charge in [0.15, 0.2) is 0 Å². The van der Waals surface area contributed by atoms with Gasteiger partial charge in [0.05, 0.1) is 0 Å². The Morgan fingerprint density at radius 2 is 2.18 bits per heavy atom. The molecule has 0 bridgehead atoms. The van der Waals surface area contributed by atoms with Gasteiger partial charge in [0.2, 0.25) is 0 Å². The lowest BCUT2D eigenvalue weighted by atomic mass is 9.76. The number of hydrogen-bond donors (Lipinski definition) is 1. The highest BCUT2D eigenvalue weighted by Crippen LogP contribution is 2.35. The second-order valence-corrected chi connectivity index (χ2v) is 6.44. The van der Waals surface area contributed by atoms with Crippen molar-refractivity contribution in [3.8, 4) is 0 Å². The van der Waals surface area contributed by atoms with Crippen molar-refractivity contribution in [3.63, 3.8) is 0 Å². The smallest absolute Gasteiger partial charge is 0.0471 e. The van der Waals surface area contributed by atoms with Gasteiger partial charge >= 0.3 is 0 Å². The SMILES string of the molecule is CC(C)NCC1(Cc2cccs2)CCOCC1. The molecule has 96 valence electrons. The van der Waals surface area contributed by atoms with E-state index < -0.39 is 0 Å². The molecular weight excluding hydrogens is 230 g/mol. The minimum Gasteiger partial charge on any atom is -0.381 e. The summed E-state index contributed by atoms with van der Waals surface area (Å²) in [7, 11) is 0. The Balaban J connectivity index is 2.00. The van der Waals surface area contributed by atoms with Crippen molar-refractivity contribution in [2.45, 2.75) is 39.2 Å². The molecule has 1 fully saturated rings. The maximum atomic E-state index is 5.53. The molecule has 0 amide bonds. The highest BCUT2D eigenvalue weighted by atomic mass is 32.1. The predicted molar refractivity (Wildman–Crippen MR) is 73.6 cm³/mol. The van der Waals surface area contributed by atoms with Crippen LogP contribution in [0.1, 0.15) is 31.6 Å². The molecule has 0 spiro atoms. The van der Waals surface area contributed by atoms with Crippen molar-refractivity contribution in [2.24, 2.45) is 5.41 Å². The van der Waals surface area contributed by atoms with E-state index in [1.165, 1.54) is 24.1 Å². The number of ether oxygens (including phenoxy) is 1. The summed E-state index contributed by atoms with van der Waals surface area (Å²) in [6, 6.07) is 4.98. The Morgan fingerprint density at radius 3 is 2.76 bits per heavy atom. The van der Waals surface area contributed by atoms with E-state index in [1.807, 2.05) is 11.3 Å². The molecule has 0 atom stereocenters. The summed E-state index contributed by atoms with van der Waals surface area (Å²) in [6.07, 6.45) is 3.57. The van der Waals surface area contributed by atoms with Gasteiger partial charge in [-0.25, -0.2) is 0 Å². The lowest BCUT2D eigenvalue weighted by Gasteiger charge is -2.38. The van der Waals surface area contributed by atoms with E-state index in [1.54, 1.807) is 0 Å². The van der Waals surface area contributed by atoms with Gasteiger partial charge in [0.25, 0.3) is 0 Å². The van der Waals surface area contributed by atoms with E-state index >= 15 is 0 Å². The summed E-state index contributed by atoms with van der Waals surface area (Å²) in [5.74, 6) is 0. The van der Waals surface area contributed by atoms with Crippen LogP contribution in [0.4, 0.5) is 0 Å². The standard InChI is InChI=1S/C14H23NOS/c1-12(2)15-11-14(5-7-16-8-6-14)10-13-4-3-9-17-13/h3-4,9,12,15H,5-8,10-11H2,1-2H3. The Bertz CT molecular complexity index is 315. The van der Waals surface area contributed by atoms with Crippen LogP contribution in [-0.2, 0) is 11.2 Å². The van der Waals surface area contributed by atoms with Gasteiger partial charge in [-0.15, -0.1) is 11.3 Å². The van der Waals surface area contributed by atoms with Crippen molar-refractivity contribution >= 4 is 11.3 Å². The van der Waals surface area contributed by atoms with E-state index in [4.69, 9.17) is 4.74 Å². The second kappa shape index (κ2) is 5.98. The summed E-state index contributed by atoms with van der Waals surface area (Å²) in [5, 5.41) is 5.80. The molecule has 1 aromatic rings. The molecule has 3 heteroatoms. The molecule has 2 rings (SSSR count). The van der Waals surface area contributed by atoms with Crippen molar-refractivity contribution in [1.29, 1.82) is 0 Å². The van der Waals surface area contributed by atoms with Crippen LogP contribution in [0, 0.1) is 5.41 Å². The molecule has 2 nitrogen and oxygen atoms in total. The average molecular weight is 253 g/mol. The van der Waals surface area contributed by atoms with Crippen molar-refractivity contribution in [3.05, 3.63) is 22.4 Å². The summed E-state index contributed by atoms with van der Waals surface area (Å²) >= 11 is 1.88. The van der Waals surface area contributed by atoms with Gasteiger partial charge in [-0.2, -0.15) is 0 Å². The third kappa shape index (κ3) is 3.80. The van der Waals surface area contributed by atoms with E-state index in [0.717, 1.165) is 19.8 Å². The Kier molecular flexibility index (Phi) is 4.60. The molecule has 0 unspecified atom stereocenters. The zero-order valence-electron chi connectivity index (χ0n) is 10.9. The maximum absolute atomic E-state index is 5.53. The Labute approximate surface area is 108 Å². The molecule has 1 saturated heterocycles. The summed E-state index contributed by atoms with van der Waals surface area (Å²) < 4.78 is 5.53. The number of rotatable bonds is 5. The second-order valence-electron chi connectivity index (χ2n) is 5.40. The molecule has 17 heavy (non-hydrogen) atoms. The normalized spacial score (nSPS) is 19.7. The van der Waals surface area contributed by atoms with Gasteiger partial charge < -0.3 is 10.1 Å². The molecule has 1 N–H and O–H groups in total. The van der Waals surface area contributed by atoms with Crippen molar-refractivity contribution in [1.82, 2.24) is 5.32 Å². The fraction of sp³-hybridized carbons (Fsp3) is 0.714. The molecule has 2 heterocycles. The first kappa shape index (κ1) is 13.1. The first-order valence-corrected chi connectivity index (χ1v) is 7.42. The van der Waals surface area contributed by atoms with Gasteiger partial charge in [0.1, 0.15) is 0 Å². The van der Waals surface area contributed by atoms with E-state index in [2.05, 4.69) is 36.7 Å². The van der Waals surface area contributed by atoms with Gasteiger partial charge in [-0.3, -0.25) is 0 Å². The van der Waals surface area contributed by atoms with Crippen LogP contribution in [0.25, 0.3) is 0 Å². The van der Waals surface area contributed by atoms with Crippen LogP contribution < -0.4 is 5.32 Å². The third-order valence-electron chi connectivity index (χ3n) is 3.57. The monoisotopic (exact) mass is 253 g/mol. The first-order chi connectivity index (χ1) is 8.20. The fourth-order valence-corrected chi connectivity index (χ4v) is 3.30. The van der Waals surface area contributed by atoms with E-state index in [-0.39, 0.29) is 0 Å². The van der Waals surface area contributed by atoms with Crippen molar-refractivity contribution in [2.75, 3.05) is 19.8 Å². The Hall–Kier alpha value is -0.380. The molecule has 0 aliphatic carbocycles. The zero-order chi connectivity index (χ0) is 12.1. The van der Waals surface area contributed by atoms with E-state index in [9.17, 15) is 0 Å². The van der Waals surface area contributed by atoms with Crippen LogP contribution in [0.15, 0.2) is 17.5 Å². The fourth-order valence-electron chi connectivity index (χ4n) is 2.42. The molecule has 1 aliphatic heterocycles. The molecule has 1 aliphatic rings. The summed E-state index contributed by atoms with van der Waals surface area (Å²) in [5.41, 5.74) is 0.410. The highest BCUT2D eigenvalue weighted by molar-refractivity contribution is 7.09. The summed E-state index contributed by atoms with van der Waals surface area (Å²) in [4.78, 5) is 1.51. The van der Waals surface area contributed by atoms with Gasteiger partial charge in [-0.05, 0) is 36.1 Å². The topological polar surface area (TPSA) is 21.3 Å². The number of thiophene rings is 1. The number of hydrogen-bond acceptors (Lipinski definition) is 3. The minimum absolute atomic E-state index is 0.410. The third-order valence-corrected chi connectivity index (χ3v) is 4.44. The van der Waals surface area contributed by atoms with Gasteiger partial charge in [-0.1, -0.05) is 19.9 Å². The van der Waals surface area contributed by atoms with Crippen LogP contribution in [-0.4, -0.2) is 25.8 Å². The summed E-state index contributed by atoms with van der Waals surface area (Å²) in [6.45, 7) is 7.40. The Morgan fingerprint density at radius 1 is 1.41 bits per heavy atom. The minimum atomic E-state index is 0.410. The van der Waals surface area contributed by atoms with Crippen LogP contribution in [0.5, 0.6) is 0 Å². The average Bonchev–Trinajstić information content (AvgIpc) is 2.80. The zero-order valence-corrected chi connectivity index (χ0v) is 11.7. The van der Waals surface area contributed by atoms with Crippen molar-refractivity contribution < 1.29 is 4.74 Å². The molecule has 0 radical (unpaired) electrons. The van der Waals surface area contributed by atoms with Crippen LogP contribution in [0.3, 0.4) is 0 Å². The largest absolute Gasteiger partial charge is 0.381 e. The lowest BCUT2D eigenvalue weighted by molar-refractivity contribution is 0.0144. The predicted octanol–water partition coefficient (Wildman–Crippen LogP) is 3.09. The highest BCUT2D eigenvalue weighted by Gasteiger charge is 2.32. The van der Waals surface area contributed by atoms with Gasteiger partial charge in [0, 0.05) is 30.7 Å². The molecular formula is C14H23NOS. The van der Waals surface area contributed by atoms with Crippen LogP contribution in [0.2, 0.25) is 0 Å². The maximum Gasteiger partial charge on any atom is 0.0471 e. The molecule has 1 aromatic heterocycles. The number of nitrogens with one attached hydrogen (secondary N) is 1. The quantitative estimate of drug-likeness (QED) is 0.870. The molecule has 0 aromatic carbocycles. The first-order valence-electron chi connectivity index (χ1n) is 6.54. The lowest BCUT2D eigenvalue weighted by Crippen LogP contribution is -2.42. The van der Waals surface area contributed by atoms with E-state index in [0.29, 0.717) is 11.5 Å². The molecule has 0 saturated carbocycles.